The van der Waals surface area contributed by atoms with Crippen molar-refractivity contribution in [3.8, 4) is 5.75 Å². The molecule has 0 saturated carbocycles. The molecule has 3 nitrogen and oxygen atoms in total. The Morgan fingerprint density at radius 3 is 1.86 bits per heavy atom. The zero-order valence-corrected chi connectivity index (χ0v) is 12.2. The van der Waals surface area contributed by atoms with Crippen molar-refractivity contribution in [2.24, 2.45) is 0 Å². The predicted molar refractivity (Wildman–Crippen MR) is 85.2 cm³/mol. The molecule has 0 bridgehead atoms. The molecule has 22 heavy (non-hydrogen) atoms. The summed E-state index contributed by atoms with van der Waals surface area (Å²) < 4.78 is 5.20. The van der Waals surface area contributed by atoms with Crippen LogP contribution in [0.25, 0.3) is 0 Å². The predicted octanol–water partition coefficient (Wildman–Crippen LogP) is 3.83. The maximum atomic E-state index is 11.4. The molecule has 0 saturated heterocycles. The Balaban J connectivity index is 2.26. The van der Waals surface area contributed by atoms with Crippen LogP contribution in [0.2, 0.25) is 0 Å². The number of hydrogen-bond donors (Lipinski definition) is 1. The first-order valence-corrected chi connectivity index (χ1v) is 7.10. The Bertz CT molecular complexity index is 755. The van der Waals surface area contributed by atoms with Gasteiger partial charge in [-0.05, 0) is 18.1 Å². The second kappa shape index (κ2) is 5.90. The first-order chi connectivity index (χ1) is 10.7. The summed E-state index contributed by atoms with van der Waals surface area (Å²) in [5.74, 6) is 0.209. The van der Waals surface area contributed by atoms with Gasteiger partial charge in [0.05, 0.1) is 6.07 Å². The van der Waals surface area contributed by atoms with E-state index < -0.39 is 5.63 Å². The Kier molecular flexibility index (Phi) is 3.79. The molecule has 0 aliphatic rings. The van der Waals surface area contributed by atoms with Crippen LogP contribution in [0.15, 0.2) is 75.9 Å². The molecule has 0 aliphatic carbocycles. The van der Waals surface area contributed by atoms with Gasteiger partial charge in [-0.2, -0.15) is 0 Å². The monoisotopic (exact) mass is 292 g/mol. The van der Waals surface area contributed by atoms with Crippen molar-refractivity contribution >= 4 is 0 Å². The Hall–Kier alpha value is -2.81. The highest BCUT2D eigenvalue weighted by atomic mass is 16.4. The Labute approximate surface area is 128 Å². The van der Waals surface area contributed by atoms with Crippen molar-refractivity contribution < 1.29 is 9.52 Å². The minimum Gasteiger partial charge on any atom is -0.507 e. The summed E-state index contributed by atoms with van der Waals surface area (Å²) in [7, 11) is 0. The van der Waals surface area contributed by atoms with E-state index in [2.05, 4.69) is 0 Å². The quantitative estimate of drug-likeness (QED) is 0.798. The van der Waals surface area contributed by atoms with Crippen LogP contribution >= 0.6 is 0 Å². The summed E-state index contributed by atoms with van der Waals surface area (Å²) in [6.45, 7) is 1.70. The van der Waals surface area contributed by atoms with E-state index in [4.69, 9.17) is 4.42 Å². The van der Waals surface area contributed by atoms with Crippen LogP contribution in [0.5, 0.6) is 5.75 Å². The van der Waals surface area contributed by atoms with E-state index in [9.17, 15) is 9.90 Å². The van der Waals surface area contributed by atoms with Gasteiger partial charge in [0.1, 0.15) is 11.5 Å². The molecule has 110 valence electrons. The summed E-state index contributed by atoms with van der Waals surface area (Å²) in [6, 6.07) is 20.8. The lowest BCUT2D eigenvalue weighted by Gasteiger charge is -2.20. The van der Waals surface area contributed by atoms with Crippen LogP contribution in [0, 0.1) is 6.92 Å². The number of benzene rings is 2. The first kappa shape index (κ1) is 14.1. The molecule has 0 atom stereocenters. The third kappa shape index (κ3) is 2.66. The second-order valence-electron chi connectivity index (χ2n) is 5.17. The van der Waals surface area contributed by atoms with Gasteiger partial charge in [0.15, 0.2) is 0 Å². The second-order valence-corrected chi connectivity index (χ2v) is 5.17. The van der Waals surface area contributed by atoms with Crippen molar-refractivity contribution in [3.63, 3.8) is 0 Å². The minimum atomic E-state index is -0.543. The van der Waals surface area contributed by atoms with E-state index in [0.717, 1.165) is 17.2 Å². The van der Waals surface area contributed by atoms with Gasteiger partial charge in [0, 0.05) is 11.5 Å². The van der Waals surface area contributed by atoms with E-state index in [1.54, 1.807) is 6.92 Å². The zero-order valence-electron chi connectivity index (χ0n) is 12.2. The number of aromatic hydroxyl groups is 1. The Morgan fingerprint density at radius 2 is 1.41 bits per heavy atom. The molecule has 0 fully saturated rings. The molecule has 3 heteroatoms. The van der Waals surface area contributed by atoms with Crippen LogP contribution in [0.3, 0.4) is 0 Å². The molecule has 1 heterocycles. The molecule has 0 unspecified atom stereocenters. The summed E-state index contributed by atoms with van der Waals surface area (Å²) in [5.41, 5.74) is 2.14. The minimum absolute atomic E-state index is 0.0357. The molecule has 2 aromatic carbocycles. The summed E-state index contributed by atoms with van der Waals surface area (Å²) in [4.78, 5) is 11.4. The van der Waals surface area contributed by atoms with Gasteiger partial charge in [0.25, 0.3) is 0 Å². The normalized spacial score (nSPS) is 10.8. The Morgan fingerprint density at radius 1 is 0.909 bits per heavy atom. The molecule has 3 rings (SSSR count). The molecule has 0 aliphatic heterocycles. The highest BCUT2D eigenvalue weighted by Gasteiger charge is 2.23. The van der Waals surface area contributed by atoms with Gasteiger partial charge in [-0.25, -0.2) is 4.79 Å². The molecule has 0 spiro atoms. The fraction of sp³-hybridized carbons (Fsp3) is 0.105. The number of hydrogen-bond acceptors (Lipinski definition) is 3. The van der Waals surface area contributed by atoms with Crippen molar-refractivity contribution in [3.05, 3.63) is 99.6 Å². The van der Waals surface area contributed by atoms with E-state index in [0.29, 0.717) is 11.3 Å². The lowest BCUT2D eigenvalue weighted by molar-refractivity contribution is 0.421. The third-order valence-corrected chi connectivity index (χ3v) is 3.72. The van der Waals surface area contributed by atoms with Gasteiger partial charge >= 0.3 is 5.63 Å². The topological polar surface area (TPSA) is 50.4 Å². The lowest BCUT2D eigenvalue weighted by Crippen LogP contribution is -2.09. The molecule has 1 aromatic heterocycles. The molecular formula is C19H16O3. The molecule has 3 aromatic rings. The highest BCUT2D eigenvalue weighted by molar-refractivity contribution is 5.49. The molecule has 1 N–H and O–H groups in total. The highest BCUT2D eigenvalue weighted by Crippen LogP contribution is 2.37. The van der Waals surface area contributed by atoms with Gasteiger partial charge in [-0.15, -0.1) is 0 Å². The van der Waals surface area contributed by atoms with Crippen molar-refractivity contribution in [1.82, 2.24) is 0 Å². The van der Waals surface area contributed by atoms with E-state index in [1.807, 2.05) is 60.7 Å². The average molecular weight is 292 g/mol. The SMILES string of the molecule is Cc1oc(=O)cc(O)c1C(c1ccccc1)c1ccccc1. The van der Waals surface area contributed by atoms with Crippen LogP contribution in [-0.2, 0) is 0 Å². The fourth-order valence-electron chi connectivity index (χ4n) is 2.77. The largest absolute Gasteiger partial charge is 0.507 e. The van der Waals surface area contributed by atoms with E-state index in [1.165, 1.54) is 0 Å². The maximum absolute atomic E-state index is 11.4. The number of rotatable bonds is 3. The molecule has 0 amide bonds. The standard InChI is InChI=1S/C19H16O3/c1-13-18(16(20)12-17(21)22-13)19(14-8-4-2-5-9-14)15-10-6-3-7-11-15/h2-12,19-20H,1H3. The fourth-order valence-corrected chi connectivity index (χ4v) is 2.77. The summed E-state index contributed by atoms with van der Waals surface area (Å²) in [6.07, 6.45) is 0. The smallest absolute Gasteiger partial charge is 0.339 e. The summed E-state index contributed by atoms with van der Waals surface area (Å²) >= 11 is 0. The van der Waals surface area contributed by atoms with Crippen molar-refractivity contribution in [2.75, 3.05) is 0 Å². The third-order valence-electron chi connectivity index (χ3n) is 3.72. The maximum Gasteiger partial charge on any atom is 0.339 e. The van der Waals surface area contributed by atoms with Crippen LogP contribution in [0.4, 0.5) is 0 Å². The first-order valence-electron chi connectivity index (χ1n) is 7.10. The van der Waals surface area contributed by atoms with Crippen LogP contribution < -0.4 is 5.63 Å². The van der Waals surface area contributed by atoms with Crippen molar-refractivity contribution in [1.29, 1.82) is 0 Å². The van der Waals surface area contributed by atoms with Gasteiger partial charge in [0.2, 0.25) is 0 Å². The van der Waals surface area contributed by atoms with Gasteiger partial charge < -0.3 is 9.52 Å². The van der Waals surface area contributed by atoms with E-state index in [-0.39, 0.29) is 11.7 Å². The van der Waals surface area contributed by atoms with Crippen molar-refractivity contribution in [2.45, 2.75) is 12.8 Å². The molecule has 0 radical (unpaired) electrons. The molecular weight excluding hydrogens is 276 g/mol. The van der Waals surface area contributed by atoms with E-state index >= 15 is 0 Å². The van der Waals surface area contributed by atoms with Gasteiger partial charge in [-0.1, -0.05) is 60.7 Å². The summed E-state index contributed by atoms with van der Waals surface area (Å²) in [5, 5.41) is 10.3. The number of aryl methyl sites for hydroxylation is 1. The average Bonchev–Trinajstić information content (AvgIpc) is 2.52. The van der Waals surface area contributed by atoms with Gasteiger partial charge in [-0.3, -0.25) is 0 Å². The van der Waals surface area contributed by atoms with Crippen LogP contribution in [-0.4, -0.2) is 5.11 Å². The zero-order chi connectivity index (χ0) is 15.5. The lowest BCUT2D eigenvalue weighted by atomic mass is 9.84. The van der Waals surface area contributed by atoms with Crippen LogP contribution in [0.1, 0.15) is 28.4 Å².